The number of imide groups is 1. The third-order valence-corrected chi connectivity index (χ3v) is 5.65. The molecule has 0 N–H and O–H groups in total. The zero-order chi connectivity index (χ0) is 24.0. The molecule has 10 heteroatoms. The maximum Gasteiger partial charge on any atom is 0.344 e. The highest BCUT2D eigenvalue weighted by atomic mass is 35.5. The molecule has 0 radical (unpaired) electrons. The summed E-state index contributed by atoms with van der Waals surface area (Å²) in [4.78, 5) is 50.1. The van der Waals surface area contributed by atoms with Crippen molar-refractivity contribution in [3.05, 3.63) is 63.5 Å². The predicted octanol–water partition coefficient (Wildman–Crippen LogP) is 4.21. The number of carbonyl (C=O) groups excluding carboxylic acids is 4. The molecule has 3 rings (SSSR count). The van der Waals surface area contributed by atoms with Crippen LogP contribution in [0.4, 0.5) is 4.79 Å². The van der Waals surface area contributed by atoms with E-state index < -0.39 is 17.1 Å². The number of esters is 1. The third-order valence-electron chi connectivity index (χ3n) is 4.46. The highest BCUT2D eigenvalue weighted by Crippen LogP contribution is 2.39. The summed E-state index contributed by atoms with van der Waals surface area (Å²) in [5.74, 6) is -1.10. The number of hydrogen-bond acceptors (Lipinski definition) is 8. The van der Waals surface area contributed by atoms with E-state index in [-0.39, 0.29) is 47.0 Å². The van der Waals surface area contributed by atoms with Gasteiger partial charge in [-0.05, 0) is 42.5 Å². The molecule has 2 aromatic carbocycles. The van der Waals surface area contributed by atoms with Gasteiger partial charge in [-0.3, -0.25) is 19.3 Å². The van der Waals surface area contributed by atoms with Gasteiger partial charge < -0.3 is 14.2 Å². The molecule has 1 aliphatic heterocycles. The van der Waals surface area contributed by atoms with Crippen molar-refractivity contribution in [3.8, 4) is 11.5 Å². The second-order valence-electron chi connectivity index (χ2n) is 6.68. The van der Waals surface area contributed by atoms with Gasteiger partial charge in [0.25, 0.3) is 11.1 Å². The standard InChI is InChI=1S/C23H20ClNO7S/c1-3-31-20(27)13-32-21-16(24)9-14(10-18(21)30-2)11-19-22(28)25(23(29)33-19)12-17(26)15-7-5-4-6-8-15/h4-11H,3,12-13H2,1-2H3/b19-11-. The number of amides is 2. The van der Waals surface area contributed by atoms with Crippen molar-refractivity contribution < 1.29 is 33.4 Å². The molecular weight excluding hydrogens is 470 g/mol. The van der Waals surface area contributed by atoms with Crippen LogP contribution in [-0.4, -0.2) is 54.7 Å². The van der Waals surface area contributed by atoms with Crippen molar-refractivity contribution in [2.24, 2.45) is 0 Å². The molecule has 0 saturated carbocycles. The fraction of sp³-hybridized carbons (Fsp3) is 0.217. The Bertz CT molecular complexity index is 1120. The molecule has 1 heterocycles. The summed E-state index contributed by atoms with van der Waals surface area (Å²) in [6.45, 7) is 1.20. The molecule has 33 heavy (non-hydrogen) atoms. The Kier molecular flexibility index (Phi) is 8.13. The molecule has 0 spiro atoms. The monoisotopic (exact) mass is 489 g/mol. The van der Waals surface area contributed by atoms with Crippen LogP contribution in [0.25, 0.3) is 6.08 Å². The Morgan fingerprint density at radius 2 is 1.88 bits per heavy atom. The number of Topliss-reactive ketones (excluding diaryl/α,β-unsaturated/α-hetero) is 1. The van der Waals surface area contributed by atoms with E-state index in [0.29, 0.717) is 11.1 Å². The summed E-state index contributed by atoms with van der Waals surface area (Å²) in [5.41, 5.74) is 0.885. The summed E-state index contributed by atoms with van der Waals surface area (Å²) in [7, 11) is 1.40. The highest BCUT2D eigenvalue weighted by Gasteiger charge is 2.36. The Morgan fingerprint density at radius 3 is 2.55 bits per heavy atom. The van der Waals surface area contributed by atoms with Crippen LogP contribution in [-0.2, 0) is 14.3 Å². The van der Waals surface area contributed by atoms with Crippen LogP contribution in [0, 0.1) is 0 Å². The molecule has 1 fully saturated rings. The van der Waals surface area contributed by atoms with Gasteiger partial charge in [-0.25, -0.2) is 4.79 Å². The smallest absolute Gasteiger partial charge is 0.344 e. The number of thioether (sulfide) groups is 1. The number of ketones is 1. The molecular formula is C23H20ClNO7S. The number of halogens is 1. The van der Waals surface area contributed by atoms with E-state index in [1.54, 1.807) is 43.3 Å². The zero-order valence-corrected chi connectivity index (χ0v) is 19.4. The number of rotatable bonds is 9. The summed E-state index contributed by atoms with van der Waals surface area (Å²) in [6, 6.07) is 11.5. The van der Waals surface area contributed by atoms with Crippen molar-refractivity contribution in [1.82, 2.24) is 4.90 Å². The van der Waals surface area contributed by atoms with E-state index in [1.807, 2.05) is 0 Å². The lowest BCUT2D eigenvalue weighted by Crippen LogP contribution is -2.33. The normalized spacial score (nSPS) is 14.5. The highest BCUT2D eigenvalue weighted by molar-refractivity contribution is 8.18. The summed E-state index contributed by atoms with van der Waals surface area (Å²) in [5, 5.41) is -0.397. The van der Waals surface area contributed by atoms with Gasteiger partial charge >= 0.3 is 5.97 Å². The molecule has 2 aromatic rings. The van der Waals surface area contributed by atoms with Crippen LogP contribution in [0.5, 0.6) is 11.5 Å². The van der Waals surface area contributed by atoms with E-state index in [0.717, 1.165) is 16.7 Å². The molecule has 2 amide bonds. The predicted molar refractivity (Wildman–Crippen MR) is 124 cm³/mol. The fourth-order valence-electron chi connectivity index (χ4n) is 2.94. The number of carbonyl (C=O) groups is 4. The van der Waals surface area contributed by atoms with Crippen LogP contribution in [0.2, 0.25) is 5.02 Å². The molecule has 172 valence electrons. The fourth-order valence-corrected chi connectivity index (χ4v) is 4.06. The lowest BCUT2D eigenvalue weighted by molar-refractivity contribution is -0.145. The van der Waals surface area contributed by atoms with Crippen LogP contribution < -0.4 is 9.47 Å². The quantitative estimate of drug-likeness (QED) is 0.293. The molecule has 0 bridgehead atoms. The van der Waals surface area contributed by atoms with Crippen molar-refractivity contribution >= 4 is 52.3 Å². The molecule has 0 aliphatic carbocycles. The first kappa shape index (κ1) is 24.3. The van der Waals surface area contributed by atoms with Gasteiger partial charge in [0.2, 0.25) is 0 Å². The van der Waals surface area contributed by atoms with Gasteiger partial charge in [0.15, 0.2) is 23.9 Å². The topological polar surface area (TPSA) is 99.2 Å². The van der Waals surface area contributed by atoms with E-state index in [9.17, 15) is 19.2 Å². The Morgan fingerprint density at radius 1 is 1.15 bits per heavy atom. The average Bonchev–Trinajstić information content (AvgIpc) is 3.06. The van der Waals surface area contributed by atoms with Crippen molar-refractivity contribution in [3.63, 3.8) is 0 Å². The molecule has 1 saturated heterocycles. The minimum absolute atomic E-state index is 0.138. The van der Waals surface area contributed by atoms with Crippen LogP contribution in [0.1, 0.15) is 22.8 Å². The maximum atomic E-state index is 12.8. The summed E-state index contributed by atoms with van der Waals surface area (Å²) >= 11 is 7.02. The van der Waals surface area contributed by atoms with Crippen LogP contribution in [0.3, 0.4) is 0 Å². The second-order valence-corrected chi connectivity index (χ2v) is 8.09. The number of nitrogens with zero attached hydrogens (tertiary/aromatic N) is 1. The Hall–Kier alpha value is -3.30. The number of benzene rings is 2. The third kappa shape index (κ3) is 5.94. The van der Waals surface area contributed by atoms with Gasteiger partial charge in [0.05, 0.1) is 30.2 Å². The molecule has 0 atom stereocenters. The minimum Gasteiger partial charge on any atom is -0.493 e. The van der Waals surface area contributed by atoms with Gasteiger partial charge in [0, 0.05) is 5.56 Å². The van der Waals surface area contributed by atoms with E-state index >= 15 is 0 Å². The van der Waals surface area contributed by atoms with Gasteiger partial charge in [-0.1, -0.05) is 41.9 Å². The molecule has 8 nitrogen and oxygen atoms in total. The Labute approximate surface area is 199 Å². The van der Waals surface area contributed by atoms with Crippen molar-refractivity contribution in [1.29, 1.82) is 0 Å². The van der Waals surface area contributed by atoms with E-state index in [2.05, 4.69) is 0 Å². The van der Waals surface area contributed by atoms with Gasteiger partial charge in [-0.2, -0.15) is 0 Å². The van der Waals surface area contributed by atoms with E-state index in [4.69, 9.17) is 25.8 Å². The lowest BCUT2D eigenvalue weighted by Gasteiger charge is -2.13. The lowest BCUT2D eigenvalue weighted by atomic mass is 10.1. The molecule has 0 aromatic heterocycles. The summed E-state index contributed by atoms with van der Waals surface area (Å²) < 4.78 is 15.5. The Balaban J connectivity index is 1.77. The number of hydrogen-bond donors (Lipinski definition) is 0. The molecule has 1 aliphatic rings. The first-order valence-corrected chi connectivity index (χ1v) is 11.0. The van der Waals surface area contributed by atoms with Gasteiger partial charge in [0.1, 0.15) is 0 Å². The minimum atomic E-state index is -0.577. The SMILES string of the molecule is CCOC(=O)COc1c(Cl)cc(/C=C2\SC(=O)N(CC(=O)c3ccccc3)C2=O)cc1OC. The van der Waals surface area contributed by atoms with Crippen LogP contribution >= 0.6 is 23.4 Å². The largest absolute Gasteiger partial charge is 0.493 e. The first-order valence-electron chi connectivity index (χ1n) is 9.83. The summed E-state index contributed by atoms with van der Waals surface area (Å²) in [6.07, 6.45) is 1.47. The van der Waals surface area contributed by atoms with E-state index in [1.165, 1.54) is 19.3 Å². The number of ether oxygens (including phenoxy) is 3. The first-order chi connectivity index (χ1) is 15.8. The van der Waals surface area contributed by atoms with Crippen LogP contribution in [0.15, 0.2) is 47.4 Å². The zero-order valence-electron chi connectivity index (χ0n) is 17.8. The number of methoxy groups -OCH3 is 1. The molecule has 0 unspecified atom stereocenters. The second kappa shape index (κ2) is 11.0. The maximum absolute atomic E-state index is 12.8. The van der Waals surface area contributed by atoms with Crippen molar-refractivity contribution in [2.45, 2.75) is 6.92 Å². The van der Waals surface area contributed by atoms with Gasteiger partial charge in [-0.15, -0.1) is 0 Å². The van der Waals surface area contributed by atoms with Crippen molar-refractivity contribution in [2.75, 3.05) is 26.9 Å². The average molecular weight is 490 g/mol.